The molecule has 0 saturated carbocycles. The number of methoxy groups -OCH3 is 2. The molecule has 1 N–H and O–H groups in total. The summed E-state index contributed by atoms with van der Waals surface area (Å²) in [5.41, 5.74) is 1.80. The van der Waals surface area contributed by atoms with Crippen LogP contribution < -0.4 is 15.1 Å². The fourth-order valence-corrected chi connectivity index (χ4v) is 2.43. The maximum absolute atomic E-state index is 12.1. The van der Waals surface area contributed by atoms with Gasteiger partial charge in [-0.2, -0.15) is 0 Å². The molecular formula is C19H17NO5. The number of benzene rings is 2. The highest BCUT2D eigenvalue weighted by atomic mass is 16.5. The van der Waals surface area contributed by atoms with Gasteiger partial charge in [-0.15, -0.1) is 0 Å². The van der Waals surface area contributed by atoms with E-state index in [2.05, 4.69) is 4.98 Å². The zero-order valence-corrected chi connectivity index (χ0v) is 14.1. The first kappa shape index (κ1) is 16.6. The number of hydrogen-bond donors (Lipinski definition) is 1. The van der Waals surface area contributed by atoms with Crippen LogP contribution in [0.4, 0.5) is 0 Å². The van der Waals surface area contributed by atoms with Crippen LogP contribution in [0.5, 0.6) is 11.5 Å². The summed E-state index contributed by atoms with van der Waals surface area (Å²) in [7, 11) is 3.03. The largest absolute Gasteiger partial charge is 0.507 e. The van der Waals surface area contributed by atoms with Gasteiger partial charge in [-0.05, 0) is 42.8 Å². The molecule has 1 aromatic heterocycles. The van der Waals surface area contributed by atoms with Crippen molar-refractivity contribution in [2.24, 2.45) is 0 Å². The van der Waals surface area contributed by atoms with Gasteiger partial charge in [0.1, 0.15) is 11.3 Å². The number of hydrogen-bond acceptors (Lipinski definition) is 6. The molecule has 128 valence electrons. The summed E-state index contributed by atoms with van der Waals surface area (Å²) in [6.45, 7) is 1.92. The first-order valence-corrected chi connectivity index (χ1v) is 7.56. The van der Waals surface area contributed by atoms with Gasteiger partial charge < -0.3 is 19.0 Å². The molecule has 0 amide bonds. The number of ether oxygens (including phenoxy) is 2. The van der Waals surface area contributed by atoms with Crippen LogP contribution in [-0.2, 0) is 0 Å². The Kier molecular flexibility index (Phi) is 4.43. The van der Waals surface area contributed by atoms with Gasteiger partial charge in [0, 0.05) is 11.6 Å². The van der Waals surface area contributed by atoms with Gasteiger partial charge in [-0.25, -0.2) is 9.78 Å². The maximum Gasteiger partial charge on any atom is 0.362 e. The van der Waals surface area contributed by atoms with Gasteiger partial charge in [0.25, 0.3) is 0 Å². The third-order valence-electron chi connectivity index (χ3n) is 3.72. The molecule has 25 heavy (non-hydrogen) atoms. The van der Waals surface area contributed by atoms with Crippen molar-refractivity contribution in [2.75, 3.05) is 14.2 Å². The average molecular weight is 339 g/mol. The lowest BCUT2D eigenvalue weighted by molar-refractivity contribution is 0.354. The van der Waals surface area contributed by atoms with Gasteiger partial charge in [0.05, 0.1) is 14.2 Å². The van der Waals surface area contributed by atoms with Crippen LogP contribution in [0.25, 0.3) is 22.9 Å². The number of aryl methyl sites for hydroxylation is 1. The zero-order valence-electron chi connectivity index (χ0n) is 14.1. The van der Waals surface area contributed by atoms with Crippen molar-refractivity contribution < 1.29 is 19.0 Å². The van der Waals surface area contributed by atoms with E-state index in [4.69, 9.17) is 13.9 Å². The fourth-order valence-electron chi connectivity index (χ4n) is 2.43. The van der Waals surface area contributed by atoms with Gasteiger partial charge in [0.15, 0.2) is 22.8 Å². The number of aromatic nitrogens is 1. The normalized spacial score (nSPS) is 11.6. The van der Waals surface area contributed by atoms with E-state index in [1.165, 1.54) is 20.3 Å². The molecular weight excluding hydrogens is 322 g/mol. The quantitative estimate of drug-likeness (QED) is 0.732. The molecule has 0 aliphatic carbocycles. The molecule has 1 heterocycles. The van der Waals surface area contributed by atoms with Gasteiger partial charge in [-0.1, -0.05) is 6.07 Å². The highest BCUT2D eigenvalue weighted by Gasteiger charge is 2.10. The maximum atomic E-state index is 12.1. The highest BCUT2D eigenvalue weighted by Crippen LogP contribution is 2.30. The van der Waals surface area contributed by atoms with E-state index in [0.717, 1.165) is 5.56 Å². The topological polar surface area (TPSA) is 81.8 Å². The van der Waals surface area contributed by atoms with Crippen LogP contribution in [-0.4, -0.2) is 24.3 Å². The zero-order chi connectivity index (χ0) is 18.0. The Balaban J connectivity index is 2.06. The number of aliphatic hydroxyl groups excluding tert-OH is 1. The van der Waals surface area contributed by atoms with Crippen LogP contribution in [0.2, 0.25) is 0 Å². The van der Waals surface area contributed by atoms with Crippen molar-refractivity contribution in [3.8, 4) is 11.5 Å². The predicted molar refractivity (Wildman–Crippen MR) is 95.1 cm³/mol. The smallest absolute Gasteiger partial charge is 0.362 e. The molecule has 0 saturated heterocycles. The van der Waals surface area contributed by atoms with Crippen molar-refractivity contribution in [3.63, 3.8) is 0 Å². The van der Waals surface area contributed by atoms with E-state index in [9.17, 15) is 9.90 Å². The van der Waals surface area contributed by atoms with E-state index < -0.39 is 5.63 Å². The molecule has 0 bridgehead atoms. The summed E-state index contributed by atoms with van der Waals surface area (Å²) in [6, 6.07) is 10.3. The first-order chi connectivity index (χ1) is 12.0. The molecule has 3 rings (SSSR count). The molecule has 3 aromatic rings. The van der Waals surface area contributed by atoms with E-state index in [0.29, 0.717) is 28.2 Å². The van der Waals surface area contributed by atoms with Crippen molar-refractivity contribution in [1.82, 2.24) is 4.98 Å². The molecule has 0 fully saturated rings. The van der Waals surface area contributed by atoms with Crippen LogP contribution >= 0.6 is 0 Å². The summed E-state index contributed by atoms with van der Waals surface area (Å²) in [5.74, 6) is 0.875. The van der Waals surface area contributed by atoms with Crippen LogP contribution in [0.15, 0.2) is 45.6 Å². The Morgan fingerprint density at radius 2 is 1.88 bits per heavy atom. The second-order valence-corrected chi connectivity index (χ2v) is 5.46. The van der Waals surface area contributed by atoms with Gasteiger partial charge in [0.2, 0.25) is 0 Å². The van der Waals surface area contributed by atoms with Gasteiger partial charge >= 0.3 is 5.63 Å². The highest BCUT2D eigenvalue weighted by molar-refractivity contribution is 5.79. The Bertz CT molecular complexity index is 1020. The second kappa shape index (κ2) is 6.68. The summed E-state index contributed by atoms with van der Waals surface area (Å²) < 4.78 is 15.6. The Morgan fingerprint density at radius 3 is 2.60 bits per heavy atom. The van der Waals surface area contributed by atoms with Crippen molar-refractivity contribution >= 4 is 22.9 Å². The number of nitrogens with zero attached hydrogens (tertiary/aromatic N) is 1. The minimum absolute atomic E-state index is 0.0189. The van der Waals surface area contributed by atoms with Gasteiger partial charge in [-0.3, -0.25) is 0 Å². The van der Waals surface area contributed by atoms with E-state index in [-0.39, 0.29) is 11.5 Å². The molecule has 2 aromatic carbocycles. The number of rotatable bonds is 4. The third kappa shape index (κ3) is 3.33. The van der Waals surface area contributed by atoms with Crippen LogP contribution in [0.1, 0.15) is 16.8 Å². The van der Waals surface area contributed by atoms with E-state index in [1.807, 2.05) is 19.1 Å². The molecule has 0 spiro atoms. The molecule has 0 aliphatic rings. The summed E-state index contributed by atoms with van der Waals surface area (Å²) in [5, 5.41) is 10.4. The molecule has 0 radical (unpaired) electrons. The Hall–Kier alpha value is -3.28. The minimum atomic E-state index is -0.622. The fraction of sp³-hybridized carbons (Fsp3) is 0.158. The monoisotopic (exact) mass is 339 g/mol. The molecule has 0 aliphatic heterocycles. The van der Waals surface area contributed by atoms with Crippen LogP contribution in [0, 0.1) is 6.92 Å². The Morgan fingerprint density at radius 1 is 1.12 bits per heavy atom. The van der Waals surface area contributed by atoms with E-state index in [1.54, 1.807) is 24.3 Å². The summed E-state index contributed by atoms with van der Waals surface area (Å²) in [4.78, 5) is 16.4. The minimum Gasteiger partial charge on any atom is -0.507 e. The summed E-state index contributed by atoms with van der Waals surface area (Å²) >= 11 is 0. The van der Waals surface area contributed by atoms with Crippen molar-refractivity contribution in [3.05, 3.63) is 63.6 Å². The lowest BCUT2D eigenvalue weighted by Gasteiger charge is -2.09. The molecule has 6 nitrogen and oxygen atoms in total. The van der Waals surface area contributed by atoms with Crippen molar-refractivity contribution in [2.45, 2.75) is 6.92 Å². The molecule has 0 atom stereocenters. The van der Waals surface area contributed by atoms with Crippen LogP contribution in [0.3, 0.4) is 0 Å². The summed E-state index contributed by atoms with van der Waals surface area (Å²) in [6.07, 6.45) is 1.27. The molecule has 6 heteroatoms. The number of fused-ring (bicyclic) bond motifs is 1. The SMILES string of the molecule is COc1ccc(C(O)=Cc2nc3cc(C)ccc3oc2=O)cc1OC. The molecule has 0 unspecified atom stereocenters. The third-order valence-corrected chi connectivity index (χ3v) is 3.72. The number of aliphatic hydroxyl groups is 1. The lowest BCUT2D eigenvalue weighted by Crippen LogP contribution is -2.06. The predicted octanol–water partition coefficient (Wildman–Crippen LogP) is 3.57. The van der Waals surface area contributed by atoms with Crippen molar-refractivity contribution in [1.29, 1.82) is 0 Å². The first-order valence-electron chi connectivity index (χ1n) is 7.56. The standard InChI is InChI=1S/C19H17NO5/c1-11-4-6-16-13(8-11)20-14(19(22)25-16)10-15(21)12-5-7-17(23-2)18(9-12)24-3/h4-10,21H,1-3H3. The second-order valence-electron chi connectivity index (χ2n) is 5.46. The van der Waals surface area contributed by atoms with E-state index >= 15 is 0 Å². The lowest BCUT2D eigenvalue weighted by atomic mass is 10.1. The average Bonchev–Trinajstić information content (AvgIpc) is 2.62. The Labute approximate surface area is 144 Å².